The molecule has 0 fully saturated rings. The van der Waals surface area contributed by atoms with Crippen molar-refractivity contribution in [2.24, 2.45) is 7.05 Å². The molecule has 1 aliphatic rings. The molecule has 2 aromatic rings. The van der Waals surface area contributed by atoms with Crippen LogP contribution >= 0.6 is 35.1 Å². The van der Waals surface area contributed by atoms with Crippen molar-refractivity contribution in [3.63, 3.8) is 0 Å². The van der Waals surface area contributed by atoms with Crippen LogP contribution in [0, 0.1) is 0 Å². The largest absolute Gasteiger partial charge is 0.495 e. The minimum Gasteiger partial charge on any atom is -0.495 e. The third kappa shape index (κ3) is 4.02. The molecule has 1 amide bonds. The van der Waals surface area contributed by atoms with Gasteiger partial charge in [-0.3, -0.25) is 14.2 Å². The van der Waals surface area contributed by atoms with E-state index in [0.717, 1.165) is 17.0 Å². The number of methoxy groups -OCH3 is 1. The van der Waals surface area contributed by atoms with Crippen molar-refractivity contribution < 1.29 is 9.53 Å². The SMILES string of the molecule is COc1ccc(Cl)cc1NC(=O)CSc1nc2c(c(=O)n1C)SC(C)C2. The predicted molar refractivity (Wildman–Crippen MR) is 106 cm³/mol. The van der Waals surface area contributed by atoms with E-state index in [4.69, 9.17) is 16.3 Å². The fraction of sp³-hybridized carbons (Fsp3) is 0.353. The van der Waals surface area contributed by atoms with Crippen LogP contribution in [0.3, 0.4) is 0 Å². The van der Waals surface area contributed by atoms with Gasteiger partial charge in [0.1, 0.15) is 5.75 Å². The standard InChI is InChI=1S/C17H18ClN3O3S2/c1-9-6-12-15(26-9)16(23)21(2)17(20-12)25-8-14(22)19-11-7-10(18)4-5-13(11)24-3/h4-5,7,9H,6,8H2,1-3H3,(H,19,22). The number of rotatable bonds is 5. The first kappa shape index (κ1) is 19.1. The topological polar surface area (TPSA) is 73.2 Å². The van der Waals surface area contributed by atoms with E-state index in [9.17, 15) is 9.59 Å². The van der Waals surface area contributed by atoms with E-state index in [1.54, 1.807) is 37.0 Å². The zero-order valence-electron chi connectivity index (χ0n) is 14.5. The van der Waals surface area contributed by atoms with E-state index >= 15 is 0 Å². The van der Waals surface area contributed by atoms with Gasteiger partial charge in [0.05, 0.1) is 29.1 Å². The normalized spacial score (nSPS) is 15.6. The molecule has 1 atom stereocenters. The molecule has 0 spiro atoms. The summed E-state index contributed by atoms with van der Waals surface area (Å²) in [5, 5.41) is 4.17. The van der Waals surface area contributed by atoms with Crippen LogP contribution in [0.5, 0.6) is 5.75 Å². The molecule has 6 nitrogen and oxygen atoms in total. The minimum absolute atomic E-state index is 0.0521. The summed E-state index contributed by atoms with van der Waals surface area (Å²) in [4.78, 5) is 30.0. The Bertz CT molecular complexity index is 917. The molecule has 3 rings (SSSR count). The molecule has 1 aromatic carbocycles. The smallest absolute Gasteiger partial charge is 0.267 e. The van der Waals surface area contributed by atoms with E-state index in [2.05, 4.69) is 17.2 Å². The van der Waals surface area contributed by atoms with Crippen LogP contribution in [0.15, 0.2) is 33.0 Å². The van der Waals surface area contributed by atoms with Gasteiger partial charge in [-0.05, 0) is 18.2 Å². The van der Waals surface area contributed by atoms with Crippen molar-refractivity contribution in [3.8, 4) is 5.75 Å². The summed E-state index contributed by atoms with van der Waals surface area (Å²) in [6, 6.07) is 5.01. The maximum Gasteiger partial charge on any atom is 0.267 e. The summed E-state index contributed by atoms with van der Waals surface area (Å²) < 4.78 is 6.72. The molecule has 0 saturated carbocycles. The molecule has 0 saturated heterocycles. The Morgan fingerprint density at radius 3 is 3.04 bits per heavy atom. The number of aromatic nitrogens is 2. The van der Waals surface area contributed by atoms with Crippen molar-refractivity contribution in [1.29, 1.82) is 0 Å². The number of amides is 1. The van der Waals surface area contributed by atoms with Crippen molar-refractivity contribution in [2.45, 2.75) is 28.6 Å². The lowest BCUT2D eigenvalue weighted by atomic mass is 10.2. The van der Waals surface area contributed by atoms with Crippen molar-refractivity contribution in [2.75, 3.05) is 18.2 Å². The van der Waals surface area contributed by atoms with Gasteiger partial charge in [-0.15, -0.1) is 11.8 Å². The molecule has 1 aliphatic heterocycles. The maximum atomic E-state index is 12.4. The first-order valence-electron chi connectivity index (χ1n) is 7.91. The monoisotopic (exact) mass is 411 g/mol. The number of thioether (sulfide) groups is 2. The Hall–Kier alpha value is -1.64. The molecular weight excluding hydrogens is 394 g/mol. The highest BCUT2D eigenvalue weighted by atomic mass is 35.5. The van der Waals surface area contributed by atoms with Gasteiger partial charge < -0.3 is 10.1 Å². The van der Waals surface area contributed by atoms with Crippen LogP contribution in [0.4, 0.5) is 5.69 Å². The number of carbonyl (C=O) groups excluding carboxylic acids is 1. The molecule has 138 valence electrons. The molecule has 0 bridgehead atoms. The first-order chi connectivity index (χ1) is 12.4. The lowest BCUT2D eigenvalue weighted by molar-refractivity contribution is -0.113. The van der Waals surface area contributed by atoms with Gasteiger partial charge in [-0.1, -0.05) is 30.3 Å². The number of carbonyl (C=O) groups is 1. The third-order valence-corrected chi connectivity index (χ3v) is 6.33. The van der Waals surface area contributed by atoms with Gasteiger partial charge in [0.2, 0.25) is 5.91 Å². The highest BCUT2D eigenvalue weighted by molar-refractivity contribution is 8.00. The van der Waals surface area contributed by atoms with Crippen molar-refractivity contribution in [3.05, 3.63) is 39.3 Å². The summed E-state index contributed by atoms with van der Waals surface area (Å²) >= 11 is 8.76. The second-order valence-electron chi connectivity index (χ2n) is 5.85. The van der Waals surface area contributed by atoms with E-state index in [-0.39, 0.29) is 17.2 Å². The van der Waals surface area contributed by atoms with Crippen molar-refractivity contribution >= 4 is 46.7 Å². The quantitative estimate of drug-likeness (QED) is 0.601. The Balaban J connectivity index is 1.71. The number of benzene rings is 1. The second kappa shape index (κ2) is 7.94. The van der Waals surface area contributed by atoms with Gasteiger partial charge in [0.15, 0.2) is 5.16 Å². The molecule has 2 heterocycles. The molecule has 1 aromatic heterocycles. The van der Waals surface area contributed by atoms with Crippen LogP contribution < -0.4 is 15.6 Å². The Morgan fingerprint density at radius 1 is 1.54 bits per heavy atom. The van der Waals surface area contributed by atoms with Gasteiger partial charge in [-0.25, -0.2) is 4.98 Å². The molecule has 26 heavy (non-hydrogen) atoms. The number of fused-ring (bicyclic) bond motifs is 1. The Labute approximate surface area is 164 Å². The number of nitrogens with one attached hydrogen (secondary N) is 1. The number of ether oxygens (including phenoxy) is 1. The van der Waals surface area contributed by atoms with Gasteiger partial charge >= 0.3 is 0 Å². The zero-order valence-corrected chi connectivity index (χ0v) is 16.9. The van der Waals surface area contributed by atoms with E-state index in [1.807, 2.05) is 0 Å². The summed E-state index contributed by atoms with van der Waals surface area (Å²) in [5.41, 5.74) is 1.28. The van der Waals surface area contributed by atoms with Crippen molar-refractivity contribution in [1.82, 2.24) is 9.55 Å². The molecule has 0 aliphatic carbocycles. The Morgan fingerprint density at radius 2 is 2.31 bits per heavy atom. The highest BCUT2D eigenvalue weighted by Crippen LogP contribution is 2.34. The average Bonchev–Trinajstić information content (AvgIpc) is 2.97. The lowest BCUT2D eigenvalue weighted by Gasteiger charge is -2.11. The summed E-state index contributed by atoms with van der Waals surface area (Å²) in [7, 11) is 3.20. The van der Waals surface area contributed by atoms with Crippen LogP contribution in [0.25, 0.3) is 0 Å². The average molecular weight is 412 g/mol. The van der Waals surface area contributed by atoms with E-state index < -0.39 is 0 Å². The second-order valence-corrected chi connectivity index (χ2v) is 8.68. The molecule has 0 radical (unpaired) electrons. The number of halogens is 1. The molecule has 1 unspecified atom stereocenters. The Kier molecular flexibility index (Phi) is 5.84. The number of hydrogen-bond donors (Lipinski definition) is 1. The zero-order chi connectivity index (χ0) is 18.8. The summed E-state index contributed by atoms with van der Waals surface area (Å²) in [6.45, 7) is 2.07. The van der Waals surface area contributed by atoms with E-state index in [0.29, 0.717) is 26.9 Å². The van der Waals surface area contributed by atoms with Crippen LogP contribution in [0.1, 0.15) is 12.6 Å². The lowest BCUT2D eigenvalue weighted by Crippen LogP contribution is -2.23. The summed E-state index contributed by atoms with van der Waals surface area (Å²) in [5.74, 6) is 0.423. The number of hydrogen-bond acceptors (Lipinski definition) is 6. The van der Waals surface area contributed by atoms with Crippen LogP contribution in [-0.2, 0) is 18.3 Å². The summed E-state index contributed by atoms with van der Waals surface area (Å²) in [6.07, 6.45) is 0.773. The fourth-order valence-corrected chi connectivity index (χ4v) is 4.70. The molecule has 9 heteroatoms. The van der Waals surface area contributed by atoms with Crippen LogP contribution in [-0.4, -0.2) is 33.6 Å². The number of nitrogens with zero attached hydrogens (tertiary/aromatic N) is 2. The first-order valence-corrected chi connectivity index (χ1v) is 10.2. The van der Waals surface area contributed by atoms with Gasteiger partial charge in [-0.2, -0.15) is 0 Å². The highest BCUT2D eigenvalue weighted by Gasteiger charge is 2.25. The molecule has 1 N–H and O–H groups in total. The van der Waals surface area contributed by atoms with E-state index in [1.165, 1.54) is 23.4 Å². The third-order valence-electron chi connectivity index (χ3n) is 3.85. The van der Waals surface area contributed by atoms with Gasteiger partial charge in [0.25, 0.3) is 5.56 Å². The predicted octanol–water partition coefficient (Wildman–Crippen LogP) is 3.21. The number of anilines is 1. The molecular formula is C17H18ClN3O3S2. The van der Waals surface area contributed by atoms with Gasteiger partial charge in [0, 0.05) is 23.7 Å². The minimum atomic E-state index is -0.229. The maximum absolute atomic E-state index is 12.4. The fourth-order valence-electron chi connectivity index (χ4n) is 2.60. The van der Waals surface area contributed by atoms with Crippen LogP contribution in [0.2, 0.25) is 5.02 Å².